The van der Waals surface area contributed by atoms with Crippen LogP contribution in [0.1, 0.15) is 38.2 Å². The third-order valence-corrected chi connectivity index (χ3v) is 5.11. The Labute approximate surface area is 150 Å². The summed E-state index contributed by atoms with van der Waals surface area (Å²) in [6, 6.07) is 16.7. The third kappa shape index (κ3) is 5.79. The van der Waals surface area contributed by atoms with Crippen LogP contribution in [-0.2, 0) is 0 Å². The molecule has 0 heterocycles. The van der Waals surface area contributed by atoms with Crippen molar-refractivity contribution in [2.75, 3.05) is 20.0 Å². The van der Waals surface area contributed by atoms with Crippen LogP contribution in [-0.4, -0.2) is 20.0 Å². The number of benzene rings is 2. The molecule has 0 saturated carbocycles. The van der Waals surface area contributed by atoms with E-state index in [4.69, 9.17) is 9.47 Å². The van der Waals surface area contributed by atoms with E-state index in [1.54, 1.807) is 18.9 Å². The standard InChI is InChI=1S/C21H28O2S/c1-16(15-23-20-11-13-21(24-4)14-12-20)5-6-17(2)18-7-9-19(22-3)10-8-18/h7-14,16-17H,5-6,15H2,1-4H3. The first-order chi connectivity index (χ1) is 11.6. The van der Waals surface area contributed by atoms with Gasteiger partial charge in [0, 0.05) is 4.90 Å². The van der Waals surface area contributed by atoms with Crippen molar-refractivity contribution in [1.82, 2.24) is 0 Å². The Morgan fingerprint density at radius 2 is 1.50 bits per heavy atom. The quantitative estimate of drug-likeness (QED) is 0.519. The predicted molar refractivity (Wildman–Crippen MR) is 104 cm³/mol. The molecule has 2 rings (SSSR count). The number of hydrogen-bond acceptors (Lipinski definition) is 3. The van der Waals surface area contributed by atoms with Gasteiger partial charge in [0.1, 0.15) is 11.5 Å². The summed E-state index contributed by atoms with van der Waals surface area (Å²) in [7, 11) is 1.70. The van der Waals surface area contributed by atoms with Crippen LogP contribution in [0.3, 0.4) is 0 Å². The molecule has 0 aliphatic rings. The van der Waals surface area contributed by atoms with Gasteiger partial charge >= 0.3 is 0 Å². The first-order valence-electron chi connectivity index (χ1n) is 8.53. The molecule has 2 nitrogen and oxygen atoms in total. The molecule has 0 saturated heterocycles. The van der Waals surface area contributed by atoms with Crippen molar-refractivity contribution in [1.29, 1.82) is 0 Å². The number of methoxy groups -OCH3 is 1. The molecule has 130 valence electrons. The van der Waals surface area contributed by atoms with Gasteiger partial charge in [0.25, 0.3) is 0 Å². The summed E-state index contributed by atoms with van der Waals surface area (Å²) in [5.74, 6) is 2.98. The molecule has 2 unspecified atom stereocenters. The molecule has 0 aliphatic carbocycles. The van der Waals surface area contributed by atoms with Crippen LogP contribution in [0.5, 0.6) is 11.5 Å². The van der Waals surface area contributed by atoms with Gasteiger partial charge in [0.15, 0.2) is 0 Å². The first kappa shape index (κ1) is 18.7. The van der Waals surface area contributed by atoms with Crippen LogP contribution in [0.25, 0.3) is 0 Å². The summed E-state index contributed by atoms with van der Waals surface area (Å²) in [4.78, 5) is 1.27. The van der Waals surface area contributed by atoms with Crippen molar-refractivity contribution < 1.29 is 9.47 Å². The molecule has 3 heteroatoms. The van der Waals surface area contributed by atoms with Crippen LogP contribution >= 0.6 is 11.8 Å². The van der Waals surface area contributed by atoms with Crippen molar-refractivity contribution in [2.45, 2.75) is 37.5 Å². The molecule has 0 spiro atoms. The average Bonchev–Trinajstić information content (AvgIpc) is 2.64. The van der Waals surface area contributed by atoms with E-state index in [1.165, 1.54) is 16.9 Å². The monoisotopic (exact) mass is 344 g/mol. The highest BCUT2D eigenvalue weighted by Gasteiger charge is 2.10. The Morgan fingerprint density at radius 1 is 0.875 bits per heavy atom. The molecule has 0 amide bonds. The van der Waals surface area contributed by atoms with Gasteiger partial charge in [-0.25, -0.2) is 0 Å². The van der Waals surface area contributed by atoms with Crippen LogP contribution in [0.2, 0.25) is 0 Å². The molecule has 0 radical (unpaired) electrons. The molecular weight excluding hydrogens is 316 g/mol. The Hall–Kier alpha value is -1.61. The highest BCUT2D eigenvalue weighted by molar-refractivity contribution is 7.98. The van der Waals surface area contributed by atoms with Crippen LogP contribution < -0.4 is 9.47 Å². The van der Waals surface area contributed by atoms with E-state index >= 15 is 0 Å². The molecule has 0 aromatic heterocycles. The van der Waals surface area contributed by atoms with Crippen molar-refractivity contribution in [3.63, 3.8) is 0 Å². The zero-order valence-electron chi connectivity index (χ0n) is 15.1. The van der Waals surface area contributed by atoms with Gasteiger partial charge in [-0.1, -0.05) is 26.0 Å². The molecule has 2 aromatic rings. The topological polar surface area (TPSA) is 18.5 Å². The van der Waals surface area contributed by atoms with Gasteiger partial charge in [-0.2, -0.15) is 0 Å². The Bertz CT molecular complexity index is 592. The van der Waals surface area contributed by atoms with Crippen molar-refractivity contribution in [2.24, 2.45) is 5.92 Å². The maximum Gasteiger partial charge on any atom is 0.119 e. The normalized spacial score (nSPS) is 13.3. The van der Waals surface area contributed by atoms with E-state index in [1.807, 2.05) is 12.1 Å². The van der Waals surface area contributed by atoms with E-state index in [9.17, 15) is 0 Å². The van der Waals surface area contributed by atoms with E-state index in [-0.39, 0.29) is 0 Å². The van der Waals surface area contributed by atoms with E-state index in [2.05, 4.69) is 56.5 Å². The summed E-state index contributed by atoms with van der Waals surface area (Å²) in [5.41, 5.74) is 1.37. The molecule has 0 fully saturated rings. The van der Waals surface area contributed by atoms with Gasteiger partial charge in [0.2, 0.25) is 0 Å². The fourth-order valence-electron chi connectivity index (χ4n) is 2.63. The molecule has 0 aliphatic heterocycles. The smallest absolute Gasteiger partial charge is 0.119 e. The lowest BCUT2D eigenvalue weighted by atomic mass is 9.92. The fraction of sp³-hybridized carbons (Fsp3) is 0.429. The lowest BCUT2D eigenvalue weighted by molar-refractivity contribution is 0.247. The number of rotatable bonds is 9. The van der Waals surface area contributed by atoms with Crippen molar-refractivity contribution >= 4 is 11.8 Å². The fourth-order valence-corrected chi connectivity index (χ4v) is 3.04. The summed E-state index contributed by atoms with van der Waals surface area (Å²) >= 11 is 1.75. The molecule has 0 bridgehead atoms. The van der Waals surface area contributed by atoms with Gasteiger partial charge < -0.3 is 9.47 Å². The molecular formula is C21H28O2S. The van der Waals surface area contributed by atoms with Gasteiger partial charge in [-0.15, -0.1) is 11.8 Å². The summed E-state index contributed by atoms with van der Waals surface area (Å²) in [5, 5.41) is 0. The Morgan fingerprint density at radius 3 is 2.08 bits per heavy atom. The maximum absolute atomic E-state index is 5.91. The first-order valence-corrected chi connectivity index (χ1v) is 9.75. The molecule has 2 atom stereocenters. The molecule has 2 aromatic carbocycles. The minimum absolute atomic E-state index is 0.547. The van der Waals surface area contributed by atoms with Gasteiger partial charge in [-0.3, -0.25) is 0 Å². The molecule has 24 heavy (non-hydrogen) atoms. The van der Waals surface area contributed by atoms with E-state index in [0.717, 1.165) is 24.5 Å². The maximum atomic E-state index is 5.91. The highest BCUT2D eigenvalue weighted by Crippen LogP contribution is 2.25. The van der Waals surface area contributed by atoms with E-state index < -0.39 is 0 Å². The SMILES string of the molecule is COc1ccc(C(C)CCC(C)COc2ccc(SC)cc2)cc1. The van der Waals surface area contributed by atoms with Gasteiger partial charge in [0.05, 0.1) is 13.7 Å². The van der Waals surface area contributed by atoms with E-state index in [0.29, 0.717) is 11.8 Å². The second kappa shape index (κ2) is 9.63. The second-order valence-electron chi connectivity index (χ2n) is 6.34. The number of ether oxygens (including phenoxy) is 2. The van der Waals surface area contributed by atoms with Gasteiger partial charge in [-0.05, 0) is 72.9 Å². The van der Waals surface area contributed by atoms with Crippen molar-refractivity contribution in [3.8, 4) is 11.5 Å². The number of thioether (sulfide) groups is 1. The predicted octanol–water partition coefficient (Wildman–Crippen LogP) is 6.02. The minimum Gasteiger partial charge on any atom is -0.497 e. The largest absolute Gasteiger partial charge is 0.497 e. The molecule has 0 N–H and O–H groups in total. The van der Waals surface area contributed by atoms with Crippen molar-refractivity contribution in [3.05, 3.63) is 54.1 Å². The summed E-state index contributed by atoms with van der Waals surface area (Å²) < 4.78 is 11.1. The second-order valence-corrected chi connectivity index (χ2v) is 7.22. The lowest BCUT2D eigenvalue weighted by Gasteiger charge is -2.17. The zero-order chi connectivity index (χ0) is 17.4. The van der Waals surface area contributed by atoms with Crippen LogP contribution in [0, 0.1) is 5.92 Å². The van der Waals surface area contributed by atoms with Crippen LogP contribution in [0.4, 0.5) is 0 Å². The Kier molecular flexibility index (Phi) is 7.51. The minimum atomic E-state index is 0.547. The zero-order valence-corrected chi connectivity index (χ0v) is 15.9. The summed E-state index contributed by atoms with van der Waals surface area (Å²) in [6.07, 6.45) is 4.42. The lowest BCUT2D eigenvalue weighted by Crippen LogP contribution is -2.09. The average molecular weight is 345 g/mol. The third-order valence-electron chi connectivity index (χ3n) is 4.37. The summed E-state index contributed by atoms with van der Waals surface area (Å²) in [6.45, 7) is 5.32. The Balaban J connectivity index is 1.74. The van der Waals surface area contributed by atoms with Crippen LogP contribution in [0.15, 0.2) is 53.4 Å². The number of hydrogen-bond donors (Lipinski definition) is 0. The highest BCUT2D eigenvalue weighted by atomic mass is 32.2.